The number of anilines is 2. The molecule has 0 radical (unpaired) electrons. The summed E-state index contributed by atoms with van der Waals surface area (Å²) < 4.78 is 39.3. The normalized spacial score (nSPS) is 18.8. The van der Waals surface area contributed by atoms with E-state index >= 15 is 0 Å². The number of hydrogen-bond acceptors (Lipinski definition) is 7. The van der Waals surface area contributed by atoms with Gasteiger partial charge in [-0.15, -0.1) is 11.3 Å². The first-order chi connectivity index (χ1) is 15.6. The fraction of sp³-hybridized carbons (Fsp3) is 0.522. The summed E-state index contributed by atoms with van der Waals surface area (Å²) in [6.45, 7) is 4.82. The summed E-state index contributed by atoms with van der Waals surface area (Å²) in [4.78, 5) is 13.6. The minimum Gasteiger partial charge on any atom is -0.396 e. The number of hydrogen-bond donors (Lipinski definition) is 3. The van der Waals surface area contributed by atoms with Gasteiger partial charge in [0.1, 0.15) is 17.4 Å². The molecule has 0 aliphatic heterocycles. The maximum Gasteiger partial charge on any atom is 0.405 e. The zero-order valence-electron chi connectivity index (χ0n) is 18.9. The summed E-state index contributed by atoms with van der Waals surface area (Å²) >= 11 is 1.53. The molecule has 0 spiro atoms. The van der Waals surface area contributed by atoms with E-state index < -0.39 is 12.7 Å². The smallest absolute Gasteiger partial charge is 0.396 e. The number of aromatic nitrogens is 3. The van der Waals surface area contributed by atoms with Gasteiger partial charge < -0.3 is 15.7 Å². The maximum atomic E-state index is 12.8. The Morgan fingerprint density at radius 2 is 1.85 bits per heavy atom. The average molecular weight is 480 g/mol. The van der Waals surface area contributed by atoms with Crippen LogP contribution in [0.15, 0.2) is 12.1 Å². The van der Waals surface area contributed by atoms with Crippen LogP contribution in [-0.4, -0.2) is 45.4 Å². The summed E-state index contributed by atoms with van der Waals surface area (Å²) in [5.41, 5.74) is 4.49. The second-order valence-corrected chi connectivity index (χ2v) is 9.81. The molecule has 33 heavy (non-hydrogen) atoms. The highest BCUT2D eigenvalue weighted by molar-refractivity contribution is 7.21. The molecule has 178 valence electrons. The lowest BCUT2D eigenvalue weighted by molar-refractivity contribution is -0.115. The van der Waals surface area contributed by atoms with Crippen molar-refractivity contribution < 1.29 is 18.3 Å². The molecule has 3 N–H and O–H groups in total. The minimum absolute atomic E-state index is 0.0613. The molecule has 4 rings (SSSR count). The molecule has 2 aromatic heterocycles. The molecule has 0 bridgehead atoms. The van der Waals surface area contributed by atoms with E-state index in [1.54, 1.807) is 6.92 Å². The van der Waals surface area contributed by atoms with Crippen LogP contribution in [0.25, 0.3) is 20.8 Å². The molecule has 1 aliphatic rings. The summed E-state index contributed by atoms with van der Waals surface area (Å²) in [7, 11) is 0. The van der Waals surface area contributed by atoms with Gasteiger partial charge in [-0.1, -0.05) is 0 Å². The van der Waals surface area contributed by atoms with Crippen molar-refractivity contribution in [3.8, 4) is 10.6 Å². The van der Waals surface area contributed by atoms with Crippen LogP contribution >= 0.6 is 11.3 Å². The van der Waals surface area contributed by atoms with Gasteiger partial charge in [0.2, 0.25) is 5.95 Å². The van der Waals surface area contributed by atoms with Crippen LogP contribution in [0, 0.1) is 26.7 Å². The third kappa shape index (κ3) is 5.55. The van der Waals surface area contributed by atoms with E-state index in [0.717, 1.165) is 52.0 Å². The fourth-order valence-corrected chi connectivity index (χ4v) is 5.47. The third-order valence-electron chi connectivity index (χ3n) is 6.17. The van der Waals surface area contributed by atoms with Gasteiger partial charge in [0, 0.05) is 12.6 Å². The van der Waals surface area contributed by atoms with E-state index in [1.165, 1.54) is 16.9 Å². The molecule has 0 saturated heterocycles. The van der Waals surface area contributed by atoms with Gasteiger partial charge in [-0.3, -0.25) is 0 Å². The van der Waals surface area contributed by atoms with E-state index in [0.29, 0.717) is 17.4 Å². The second-order valence-electron chi connectivity index (χ2n) is 8.78. The van der Waals surface area contributed by atoms with Gasteiger partial charge in [-0.2, -0.15) is 18.2 Å². The number of alkyl halides is 3. The number of aliphatic hydroxyl groups excluding tert-OH is 1. The molecule has 1 unspecified atom stereocenters. The highest BCUT2D eigenvalue weighted by Gasteiger charge is 2.29. The lowest BCUT2D eigenvalue weighted by Crippen LogP contribution is -2.23. The van der Waals surface area contributed by atoms with Crippen molar-refractivity contribution in [2.24, 2.45) is 5.92 Å². The van der Waals surface area contributed by atoms with Gasteiger partial charge in [0.15, 0.2) is 0 Å². The SMILES string of the molecule is Cc1cc2nc(-c3c(C)nc(NCC(F)(F)F)nc3N[C@H]3CCC(CCO)C3)sc2cc1C. The molecule has 1 saturated carbocycles. The molecule has 1 aliphatic carbocycles. The van der Waals surface area contributed by atoms with E-state index in [-0.39, 0.29) is 18.6 Å². The molecule has 0 amide bonds. The number of nitrogens with zero attached hydrogens (tertiary/aromatic N) is 3. The Morgan fingerprint density at radius 3 is 2.58 bits per heavy atom. The summed E-state index contributed by atoms with van der Waals surface area (Å²) in [6, 6.07) is 4.28. The molecule has 1 fully saturated rings. The van der Waals surface area contributed by atoms with E-state index in [4.69, 9.17) is 4.98 Å². The Balaban J connectivity index is 1.71. The van der Waals surface area contributed by atoms with Crippen molar-refractivity contribution in [2.45, 2.75) is 58.7 Å². The van der Waals surface area contributed by atoms with Crippen molar-refractivity contribution >= 4 is 33.3 Å². The number of fused-ring (bicyclic) bond motifs is 1. The van der Waals surface area contributed by atoms with Gasteiger partial charge in [0.25, 0.3) is 0 Å². The first-order valence-corrected chi connectivity index (χ1v) is 11.9. The molecule has 2 heterocycles. The molecule has 2 atom stereocenters. The summed E-state index contributed by atoms with van der Waals surface area (Å²) in [5, 5.41) is 15.7. The predicted molar refractivity (Wildman–Crippen MR) is 126 cm³/mol. The lowest BCUT2D eigenvalue weighted by atomic mass is 10.0. The topological polar surface area (TPSA) is 83.0 Å². The first kappa shape index (κ1) is 23.7. The predicted octanol–water partition coefficient (Wildman–Crippen LogP) is 5.62. The molecule has 10 heteroatoms. The Morgan fingerprint density at radius 1 is 1.09 bits per heavy atom. The molecular weight excluding hydrogens is 451 g/mol. The van der Waals surface area contributed by atoms with Crippen LogP contribution in [0.1, 0.15) is 42.5 Å². The number of aryl methyl sites for hydroxylation is 3. The van der Waals surface area contributed by atoms with Crippen molar-refractivity contribution in [3.05, 3.63) is 29.0 Å². The fourth-order valence-electron chi connectivity index (χ4n) is 4.32. The van der Waals surface area contributed by atoms with Gasteiger partial charge in [-0.25, -0.2) is 9.97 Å². The van der Waals surface area contributed by atoms with Crippen LogP contribution < -0.4 is 10.6 Å². The van der Waals surface area contributed by atoms with Crippen LogP contribution in [0.5, 0.6) is 0 Å². The number of rotatable bonds is 7. The minimum atomic E-state index is -4.37. The molecule has 1 aromatic carbocycles. The Labute approximate surface area is 194 Å². The molecule has 3 aromatic rings. The average Bonchev–Trinajstić information content (AvgIpc) is 3.33. The summed E-state index contributed by atoms with van der Waals surface area (Å²) in [5.74, 6) is 0.859. The Bertz CT molecular complexity index is 1110. The Kier molecular flexibility index (Phi) is 6.76. The maximum absolute atomic E-state index is 12.8. The standard InChI is InChI=1S/C23H28F3N5OS/c1-12-8-17-18(9-13(12)2)33-21(30-17)19-14(3)28-22(27-11-23(24,25)26)31-20(19)29-16-5-4-15(10-16)6-7-32/h8-9,15-16,32H,4-7,10-11H2,1-3H3,(H2,27,28,29,31)/t15?,16-/m0/s1. The number of halogens is 3. The van der Waals surface area contributed by atoms with E-state index in [9.17, 15) is 18.3 Å². The highest BCUT2D eigenvalue weighted by atomic mass is 32.1. The number of thiazole rings is 1. The largest absolute Gasteiger partial charge is 0.405 e. The zero-order chi connectivity index (χ0) is 23.8. The van der Waals surface area contributed by atoms with Crippen molar-refractivity contribution in [1.82, 2.24) is 15.0 Å². The van der Waals surface area contributed by atoms with Crippen LogP contribution in [-0.2, 0) is 0 Å². The summed E-state index contributed by atoms with van der Waals surface area (Å²) in [6.07, 6.45) is -0.822. The lowest BCUT2D eigenvalue weighted by Gasteiger charge is -2.19. The molecule has 6 nitrogen and oxygen atoms in total. The first-order valence-electron chi connectivity index (χ1n) is 11.1. The second kappa shape index (κ2) is 9.42. The number of benzene rings is 1. The van der Waals surface area contributed by atoms with Crippen molar-refractivity contribution in [1.29, 1.82) is 0 Å². The Hall–Kier alpha value is -2.46. The third-order valence-corrected chi connectivity index (χ3v) is 7.21. The highest BCUT2D eigenvalue weighted by Crippen LogP contribution is 2.39. The van der Waals surface area contributed by atoms with Gasteiger partial charge >= 0.3 is 6.18 Å². The monoisotopic (exact) mass is 479 g/mol. The number of nitrogens with one attached hydrogen (secondary N) is 2. The molecular formula is C23H28F3N5OS. The van der Waals surface area contributed by atoms with Gasteiger partial charge in [-0.05, 0) is 75.6 Å². The van der Waals surface area contributed by atoms with Crippen molar-refractivity contribution in [3.63, 3.8) is 0 Å². The number of aliphatic hydroxyl groups is 1. The van der Waals surface area contributed by atoms with Crippen molar-refractivity contribution in [2.75, 3.05) is 23.8 Å². The van der Waals surface area contributed by atoms with E-state index in [1.807, 2.05) is 13.0 Å². The van der Waals surface area contributed by atoms with Crippen LogP contribution in [0.4, 0.5) is 24.9 Å². The van der Waals surface area contributed by atoms with Crippen LogP contribution in [0.3, 0.4) is 0 Å². The quantitative estimate of drug-likeness (QED) is 0.408. The zero-order valence-corrected chi connectivity index (χ0v) is 19.7. The van der Waals surface area contributed by atoms with E-state index in [2.05, 4.69) is 33.6 Å². The van der Waals surface area contributed by atoms with Crippen LogP contribution in [0.2, 0.25) is 0 Å². The van der Waals surface area contributed by atoms with Gasteiger partial charge in [0.05, 0.1) is 21.5 Å².